The number of nitrogens with zero attached hydrogens (tertiary/aromatic N) is 3. The Bertz CT molecular complexity index is 1130. The molecule has 4 rings (SSSR count). The normalized spacial score (nSPS) is 13.2. The van der Waals surface area contributed by atoms with E-state index >= 15 is 0 Å². The van der Waals surface area contributed by atoms with Gasteiger partial charge in [-0.25, -0.2) is 13.8 Å². The van der Waals surface area contributed by atoms with Crippen LogP contribution < -0.4 is 10.5 Å². The average Bonchev–Trinajstić information content (AvgIpc) is 3.05. The molecular weight excluding hydrogens is 420 g/mol. The number of hydrogen-bond acceptors (Lipinski definition) is 3. The number of benzene rings is 2. The van der Waals surface area contributed by atoms with Crippen LogP contribution in [0, 0.1) is 11.6 Å². The average molecular weight is 434 g/mol. The highest BCUT2D eigenvalue weighted by Crippen LogP contribution is 2.31. The summed E-state index contributed by atoms with van der Waals surface area (Å²) < 4.78 is 29.5. The number of hydrogen-bond donors (Lipinski definition) is 0. The molecule has 1 aliphatic heterocycles. The minimum atomic E-state index is -0.716. The van der Waals surface area contributed by atoms with E-state index in [-0.39, 0.29) is 30.1 Å². The second kappa shape index (κ2) is 6.84. The first kappa shape index (κ1) is 17.8. The molecule has 0 bridgehead atoms. The van der Waals surface area contributed by atoms with Crippen molar-refractivity contribution in [1.29, 1.82) is 0 Å². The number of amides is 1. The molecule has 138 valence electrons. The van der Waals surface area contributed by atoms with Crippen molar-refractivity contribution in [3.05, 3.63) is 68.7 Å². The van der Waals surface area contributed by atoms with Crippen molar-refractivity contribution < 1.29 is 13.6 Å². The zero-order valence-corrected chi connectivity index (χ0v) is 15.7. The van der Waals surface area contributed by atoms with Crippen LogP contribution >= 0.6 is 15.9 Å². The summed E-state index contributed by atoms with van der Waals surface area (Å²) in [5, 5.41) is 0.454. The summed E-state index contributed by atoms with van der Waals surface area (Å²) in [7, 11) is 0. The van der Waals surface area contributed by atoms with Gasteiger partial charge in [-0.05, 0) is 30.7 Å². The second-order valence-electron chi connectivity index (χ2n) is 6.34. The van der Waals surface area contributed by atoms with Gasteiger partial charge in [-0.2, -0.15) is 0 Å². The maximum absolute atomic E-state index is 13.8. The van der Waals surface area contributed by atoms with Gasteiger partial charge in [-0.15, -0.1) is 0 Å². The van der Waals surface area contributed by atoms with Crippen molar-refractivity contribution >= 4 is 38.4 Å². The zero-order valence-electron chi connectivity index (χ0n) is 14.1. The highest BCUT2D eigenvalue weighted by Gasteiger charge is 2.27. The predicted octanol–water partition coefficient (Wildman–Crippen LogP) is 3.42. The zero-order chi connectivity index (χ0) is 19.1. The van der Waals surface area contributed by atoms with Gasteiger partial charge in [0.2, 0.25) is 5.91 Å². The quantitative estimate of drug-likeness (QED) is 0.635. The molecule has 0 fully saturated rings. The van der Waals surface area contributed by atoms with Gasteiger partial charge in [-0.3, -0.25) is 14.2 Å². The predicted molar refractivity (Wildman–Crippen MR) is 101 cm³/mol. The summed E-state index contributed by atoms with van der Waals surface area (Å²) in [6.07, 6.45) is 1.78. The van der Waals surface area contributed by atoms with Crippen LogP contribution in [0.1, 0.15) is 12.0 Å². The fourth-order valence-electron chi connectivity index (χ4n) is 3.32. The Morgan fingerprint density at radius 3 is 2.85 bits per heavy atom. The molecule has 2 heterocycles. The molecule has 0 radical (unpaired) electrons. The Morgan fingerprint density at radius 2 is 2.04 bits per heavy atom. The van der Waals surface area contributed by atoms with Crippen LogP contribution in [-0.2, 0) is 17.8 Å². The largest absolute Gasteiger partial charge is 0.312 e. The lowest BCUT2D eigenvalue weighted by atomic mass is 10.1. The molecule has 2 aromatic carbocycles. The third-order valence-corrected chi connectivity index (χ3v) is 5.16. The van der Waals surface area contributed by atoms with Crippen molar-refractivity contribution in [3.8, 4) is 0 Å². The minimum Gasteiger partial charge on any atom is -0.312 e. The first-order valence-electron chi connectivity index (χ1n) is 8.37. The molecule has 8 heteroatoms. The summed E-state index contributed by atoms with van der Waals surface area (Å²) in [5.74, 6) is -1.65. The number of carbonyl (C=O) groups excluding carboxylic acids is 1. The number of halogens is 3. The second-order valence-corrected chi connectivity index (χ2v) is 7.25. The third kappa shape index (κ3) is 3.25. The standard InChI is InChI=1S/C19H14BrF2N3O2/c20-11-1-2-16-14(7-11)19(27)24(10-23-16)5-4-18(26)25-6-3-13-15(22)8-12(21)9-17(13)25/h1-2,7-10H,3-6H2. The van der Waals surface area contributed by atoms with Crippen molar-refractivity contribution in [2.45, 2.75) is 19.4 Å². The summed E-state index contributed by atoms with van der Waals surface area (Å²) in [6, 6.07) is 7.22. The highest BCUT2D eigenvalue weighted by atomic mass is 79.9. The van der Waals surface area contributed by atoms with Gasteiger partial charge in [0.15, 0.2) is 0 Å². The molecule has 0 N–H and O–H groups in total. The Labute approximate surface area is 161 Å². The molecule has 27 heavy (non-hydrogen) atoms. The molecule has 0 saturated carbocycles. The number of anilines is 1. The number of rotatable bonds is 3. The van der Waals surface area contributed by atoms with Crippen LogP contribution in [0.2, 0.25) is 0 Å². The maximum atomic E-state index is 13.8. The van der Waals surface area contributed by atoms with E-state index in [0.717, 1.165) is 10.5 Å². The van der Waals surface area contributed by atoms with Crippen molar-refractivity contribution in [2.24, 2.45) is 0 Å². The van der Waals surface area contributed by atoms with Crippen LogP contribution in [0.25, 0.3) is 10.9 Å². The summed E-state index contributed by atoms with van der Waals surface area (Å²) >= 11 is 3.33. The molecule has 0 saturated heterocycles. The molecule has 0 spiro atoms. The van der Waals surface area contributed by atoms with Gasteiger partial charge < -0.3 is 4.90 Å². The Balaban J connectivity index is 1.55. The van der Waals surface area contributed by atoms with Gasteiger partial charge >= 0.3 is 0 Å². The fourth-order valence-corrected chi connectivity index (χ4v) is 3.68. The monoisotopic (exact) mass is 433 g/mol. The van der Waals surface area contributed by atoms with Crippen molar-refractivity contribution in [2.75, 3.05) is 11.4 Å². The Kier molecular flexibility index (Phi) is 4.51. The van der Waals surface area contributed by atoms with E-state index in [1.807, 2.05) is 0 Å². The van der Waals surface area contributed by atoms with E-state index in [1.165, 1.54) is 21.9 Å². The van der Waals surface area contributed by atoms with Gasteiger partial charge in [-0.1, -0.05) is 15.9 Å². The van der Waals surface area contributed by atoms with Gasteiger partial charge in [0, 0.05) is 35.6 Å². The van der Waals surface area contributed by atoms with E-state index in [2.05, 4.69) is 20.9 Å². The van der Waals surface area contributed by atoms with Gasteiger partial charge in [0.1, 0.15) is 11.6 Å². The lowest BCUT2D eigenvalue weighted by Gasteiger charge is -2.18. The maximum Gasteiger partial charge on any atom is 0.261 e. The number of aryl methyl sites for hydroxylation is 1. The van der Waals surface area contributed by atoms with Crippen LogP contribution in [0.5, 0.6) is 0 Å². The van der Waals surface area contributed by atoms with E-state index in [9.17, 15) is 18.4 Å². The van der Waals surface area contributed by atoms with E-state index in [4.69, 9.17) is 0 Å². The molecule has 0 atom stereocenters. The lowest BCUT2D eigenvalue weighted by molar-refractivity contribution is -0.118. The Hall–Kier alpha value is -2.61. The molecule has 1 aromatic heterocycles. The number of carbonyl (C=O) groups is 1. The van der Waals surface area contributed by atoms with E-state index in [1.54, 1.807) is 18.2 Å². The lowest BCUT2D eigenvalue weighted by Crippen LogP contribution is -2.31. The third-order valence-electron chi connectivity index (χ3n) is 4.67. The van der Waals surface area contributed by atoms with Gasteiger partial charge in [0.25, 0.3) is 5.56 Å². The Morgan fingerprint density at radius 1 is 1.22 bits per heavy atom. The minimum absolute atomic E-state index is 0.0265. The van der Waals surface area contributed by atoms with Gasteiger partial charge in [0.05, 0.1) is 22.9 Å². The van der Waals surface area contributed by atoms with Crippen LogP contribution in [0.3, 0.4) is 0 Å². The summed E-state index contributed by atoms with van der Waals surface area (Å²) in [6.45, 7) is 0.434. The molecule has 5 nitrogen and oxygen atoms in total. The molecular formula is C19H14BrF2N3O2. The van der Waals surface area contributed by atoms with E-state index < -0.39 is 11.6 Å². The highest BCUT2D eigenvalue weighted by molar-refractivity contribution is 9.10. The molecule has 1 amide bonds. The van der Waals surface area contributed by atoms with Crippen LogP contribution in [0.4, 0.5) is 14.5 Å². The van der Waals surface area contributed by atoms with Crippen molar-refractivity contribution in [1.82, 2.24) is 9.55 Å². The summed E-state index contributed by atoms with van der Waals surface area (Å²) in [4.78, 5) is 30.8. The summed E-state index contributed by atoms with van der Waals surface area (Å²) in [5.41, 5.74) is 0.947. The molecule has 3 aromatic rings. The first-order chi connectivity index (χ1) is 12.9. The van der Waals surface area contributed by atoms with E-state index in [0.29, 0.717) is 29.4 Å². The molecule has 0 aliphatic carbocycles. The topological polar surface area (TPSA) is 55.2 Å². The SMILES string of the molecule is O=C(CCn1cnc2ccc(Br)cc2c1=O)N1CCc2c(F)cc(F)cc21. The van der Waals surface area contributed by atoms with Crippen LogP contribution in [0.15, 0.2) is 45.9 Å². The number of fused-ring (bicyclic) bond motifs is 2. The smallest absolute Gasteiger partial charge is 0.261 e. The van der Waals surface area contributed by atoms with Crippen LogP contribution in [-0.4, -0.2) is 22.0 Å². The van der Waals surface area contributed by atoms with Crippen molar-refractivity contribution in [3.63, 3.8) is 0 Å². The number of aromatic nitrogens is 2. The molecule has 0 unspecified atom stereocenters. The fraction of sp³-hybridized carbons (Fsp3) is 0.211. The first-order valence-corrected chi connectivity index (χ1v) is 9.16. The molecule has 1 aliphatic rings.